The van der Waals surface area contributed by atoms with Gasteiger partial charge in [-0.1, -0.05) is 20.8 Å². The Morgan fingerprint density at radius 2 is 2.19 bits per heavy atom. The highest BCUT2D eigenvalue weighted by atomic mass is 32.1. The molecule has 0 saturated heterocycles. The zero-order chi connectivity index (χ0) is 15.6. The van der Waals surface area contributed by atoms with Crippen molar-refractivity contribution in [2.45, 2.75) is 33.2 Å². The van der Waals surface area contributed by atoms with Gasteiger partial charge in [0.05, 0.1) is 0 Å². The van der Waals surface area contributed by atoms with Gasteiger partial charge in [-0.2, -0.15) is 0 Å². The molecule has 2 N–H and O–H groups in total. The molecule has 1 aliphatic rings. The first kappa shape index (κ1) is 15.8. The van der Waals surface area contributed by atoms with E-state index in [9.17, 15) is 14.7 Å². The van der Waals surface area contributed by atoms with Crippen LogP contribution in [0.1, 0.15) is 37.3 Å². The van der Waals surface area contributed by atoms with E-state index in [0.29, 0.717) is 24.9 Å². The van der Waals surface area contributed by atoms with Crippen molar-refractivity contribution >= 4 is 23.3 Å². The van der Waals surface area contributed by atoms with Gasteiger partial charge in [0.2, 0.25) is 0 Å². The predicted molar refractivity (Wildman–Crippen MR) is 82.5 cm³/mol. The van der Waals surface area contributed by atoms with E-state index >= 15 is 0 Å². The van der Waals surface area contributed by atoms with E-state index < -0.39 is 12.0 Å². The molecule has 0 spiro atoms. The molecule has 0 aromatic carbocycles. The number of aliphatic carboxylic acids is 1. The summed E-state index contributed by atoms with van der Waals surface area (Å²) in [7, 11) is 0. The van der Waals surface area contributed by atoms with E-state index in [1.807, 2.05) is 11.4 Å². The largest absolute Gasteiger partial charge is 0.479 e. The van der Waals surface area contributed by atoms with Gasteiger partial charge in [0, 0.05) is 18.0 Å². The number of urea groups is 1. The standard InChI is InChI=1S/C15H22N2O3S/c1-9(2)10(3)8-16-15(20)17-6-4-12-11(5-7-21-12)13(17)14(18)19/h5,7,9-10,13H,4,6,8H2,1-3H3,(H,16,20)(H,18,19). The van der Waals surface area contributed by atoms with Gasteiger partial charge < -0.3 is 15.3 Å². The van der Waals surface area contributed by atoms with Crippen LogP contribution in [0.25, 0.3) is 0 Å². The van der Waals surface area contributed by atoms with Crippen molar-refractivity contribution in [1.29, 1.82) is 0 Å². The fraction of sp³-hybridized carbons (Fsp3) is 0.600. The molecule has 116 valence electrons. The molecular formula is C15H22N2O3S. The number of thiophene rings is 1. The third kappa shape index (κ3) is 3.37. The van der Waals surface area contributed by atoms with Gasteiger partial charge in [-0.25, -0.2) is 9.59 Å². The highest BCUT2D eigenvalue weighted by Gasteiger charge is 2.36. The summed E-state index contributed by atoms with van der Waals surface area (Å²) in [6.45, 7) is 7.31. The van der Waals surface area contributed by atoms with Crippen LogP contribution in [0.3, 0.4) is 0 Å². The summed E-state index contributed by atoms with van der Waals surface area (Å²) in [6.07, 6.45) is 0.726. The van der Waals surface area contributed by atoms with Crippen LogP contribution in [0.2, 0.25) is 0 Å². The Morgan fingerprint density at radius 3 is 2.81 bits per heavy atom. The number of carbonyl (C=O) groups excluding carboxylic acids is 1. The molecule has 1 aromatic rings. The Labute approximate surface area is 129 Å². The zero-order valence-electron chi connectivity index (χ0n) is 12.6. The minimum absolute atomic E-state index is 0.285. The lowest BCUT2D eigenvalue weighted by molar-refractivity contribution is -0.142. The Hall–Kier alpha value is -1.56. The smallest absolute Gasteiger partial charge is 0.331 e. The van der Waals surface area contributed by atoms with Crippen molar-refractivity contribution in [3.05, 3.63) is 21.9 Å². The molecule has 21 heavy (non-hydrogen) atoms. The highest BCUT2D eigenvalue weighted by Crippen LogP contribution is 2.33. The van der Waals surface area contributed by atoms with Gasteiger partial charge >= 0.3 is 12.0 Å². The van der Waals surface area contributed by atoms with Crippen LogP contribution in [0, 0.1) is 11.8 Å². The van der Waals surface area contributed by atoms with Gasteiger partial charge in [-0.15, -0.1) is 11.3 Å². The van der Waals surface area contributed by atoms with Gasteiger partial charge in [-0.3, -0.25) is 0 Å². The number of carbonyl (C=O) groups is 2. The molecule has 1 aromatic heterocycles. The zero-order valence-corrected chi connectivity index (χ0v) is 13.4. The summed E-state index contributed by atoms with van der Waals surface area (Å²) in [6, 6.07) is 0.663. The van der Waals surface area contributed by atoms with Crippen LogP contribution < -0.4 is 5.32 Å². The summed E-state index contributed by atoms with van der Waals surface area (Å²) in [5.74, 6) is -0.134. The van der Waals surface area contributed by atoms with Crippen LogP contribution in [-0.2, 0) is 11.2 Å². The Bertz CT molecular complexity index is 527. The summed E-state index contributed by atoms with van der Waals surface area (Å²) in [5.41, 5.74) is 0.755. The first-order valence-electron chi connectivity index (χ1n) is 7.25. The minimum Gasteiger partial charge on any atom is -0.479 e. The number of amides is 2. The lowest BCUT2D eigenvalue weighted by atomic mass is 9.98. The van der Waals surface area contributed by atoms with Crippen LogP contribution >= 0.6 is 11.3 Å². The van der Waals surface area contributed by atoms with Crippen LogP contribution in [-0.4, -0.2) is 35.1 Å². The van der Waals surface area contributed by atoms with E-state index in [-0.39, 0.29) is 6.03 Å². The first-order chi connectivity index (χ1) is 9.91. The number of nitrogens with one attached hydrogen (secondary N) is 1. The second-order valence-electron chi connectivity index (χ2n) is 5.89. The lowest BCUT2D eigenvalue weighted by Gasteiger charge is -2.33. The number of hydrogen-bond acceptors (Lipinski definition) is 3. The minimum atomic E-state index is -0.971. The average Bonchev–Trinajstić information content (AvgIpc) is 2.90. The molecule has 2 amide bonds. The van der Waals surface area contributed by atoms with E-state index in [4.69, 9.17) is 0 Å². The van der Waals surface area contributed by atoms with Gasteiger partial charge in [0.15, 0.2) is 6.04 Å². The van der Waals surface area contributed by atoms with Crippen LogP contribution in [0.5, 0.6) is 0 Å². The second kappa shape index (κ2) is 6.47. The van der Waals surface area contributed by atoms with Gasteiger partial charge in [0.1, 0.15) is 0 Å². The number of carboxylic acid groups (broad SMARTS) is 1. The molecule has 0 bridgehead atoms. The molecule has 2 unspecified atom stereocenters. The summed E-state index contributed by atoms with van der Waals surface area (Å²) in [5, 5.41) is 14.2. The molecule has 0 radical (unpaired) electrons. The number of nitrogens with zero attached hydrogens (tertiary/aromatic N) is 1. The van der Waals surface area contributed by atoms with E-state index in [0.717, 1.165) is 16.9 Å². The summed E-state index contributed by atoms with van der Waals surface area (Å²) < 4.78 is 0. The molecule has 0 fully saturated rings. The maximum absolute atomic E-state index is 12.3. The number of carboxylic acids is 1. The molecule has 6 heteroatoms. The highest BCUT2D eigenvalue weighted by molar-refractivity contribution is 7.10. The average molecular weight is 310 g/mol. The molecule has 0 aliphatic carbocycles. The molecule has 5 nitrogen and oxygen atoms in total. The van der Waals surface area contributed by atoms with Crippen LogP contribution in [0.15, 0.2) is 11.4 Å². The fourth-order valence-corrected chi connectivity index (χ4v) is 3.29. The second-order valence-corrected chi connectivity index (χ2v) is 6.89. The monoisotopic (exact) mass is 310 g/mol. The molecule has 0 saturated carbocycles. The number of rotatable bonds is 4. The van der Waals surface area contributed by atoms with Crippen LogP contribution in [0.4, 0.5) is 4.79 Å². The van der Waals surface area contributed by atoms with Crippen molar-refractivity contribution in [1.82, 2.24) is 10.2 Å². The lowest BCUT2D eigenvalue weighted by Crippen LogP contribution is -2.48. The molecule has 2 heterocycles. The van der Waals surface area contributed by atoms with E-state index in [1.54, 1.807) is 11.3 Å². The van der Waals surface area contributed by atoms with Crippen molar-refractivity contribution in [2.24, 2.45) is 11.8 Å². The first-order valence-corrected chi connectivity index (χ1v) is 8.13. The van der Waals surface area contributed by atoms with Crippen molar-refractivity contribution in [3.8, 4) is 0 Å². The Balaban J connectivity index is 2.08. The maximum atomic E-state index is 12.3. The molecule has 1 aliphatic heterocycles. The quantitative estimate of drug-likeness (QED) is 0.898. The number of hydrogen-bond donors (Lipinski definition) is 2. The molecule has 2 atom stereocenters. The topological polar surface area (TPSA) is 69.6 Å². The van der Waals surface area contributed by atoms with Gasteiger partial charge in [0.25, 0.3) is 0 Å². The number of fused-ring (bicyclic) bond motifs is 1. The SMILES string of the molecule is CC(C)C(C)CNC(=O)N1CCc2sccc2C1C(=O)O. The Kier molecular flexibility index (Phi) is 4.88. The molecule has 2 rings (SSSR count). The molecular weight excluding hydrogens is 288 g/mol. The third-order valence-electron chi connectivity index (χ3n) is 4.17. The summed E-state index contributed by atoms with van der Waals surface area (Å²) >= 11 is 1.56. The Morgan fingerprint density at radius 1 is 1.48 bits per heavy atom. The van der Waals surface area contributed by atoms with Crippen molar-refractivity contribution < 1.29 is 14.7 Å². The normalized spacial score (nSPS) is 19.2. The maximum Gasteiger partial charge on any atom is 0.331 e. The predicted octanol–water partition coefficient (Wildman–Crippen LogP) is 2.73. The summed E-state index contributed by atoms with van der Waals surface area (Å²) in [4.78, 5) is 26.4. The van der Waals surface area contributed by atoms with E-state index in [1.165, 1.54) is 4.90 Å². The van der Waals surface area contributed by atoms with E-state index in [2.05, 4.69) is 26.1 Å². The van der Waals surface area contributed by atoms with Crippen molar-refractivity contribution in [2.75, 3.05) is 13.1 Å². The third-order valence-corrected chi connectivity index (χ3v) is 5.17. The fourth-order valence-electron chi connectivity index (χ4n) is 2.39. The van der Waals surface area contributed by atoms with Crippen molar-refractivity contribution in [3.63, 3.8) is 0 Å². The van der Waals surface area contributed by atoms with Gasteiger partial charge in [-0.05, 0) is 35.3 Å².